The van der Waals surface area contributed by atoms with Crippen LogP contribution < -0.4 is 4.90 Å². The number of carbonyl (C=O) groups excluding carboxylic acids is 1. The minimum Gasteiger partial charge on any atom is -0.352 e. The summed E-state index contributed by atoms with van der Waals surface area (Å²) in [4.78, 5) is 30.2. The Bertz CT molecular complexity index is 1160. The fraction of sp³-hybridized carbons (Fsp3) is 0.227. The maximum atomic E-state index is 12.7. The van der Waals surface area contributed by atoms with E-state index in [9.17, 15) is 4.79 Å². The Morgan fingerprint density at radius 2 is 1.76 bits per heavy atom. The summed E-state index contributed by atoms with van der Waals surface area (Å²) in [6.07, 6.45) is 1.65. The third kappa shape index (κ3) is 3.52. The third-order valence-corrected chi connectivity index (χ3v) is 7.27. The summed E-state index contributed by atoms with van der Waals surface area (Å²) in [6, 6.07) is 16.5. The SMILES string of the molecule is Cc1ccc(C(=O)N2CCN(c3ncnc4sc(-c5ccccc5)cc34)CC2)s1. The van der Waals surface area contributed by atoms with Crippen LogP contribution >= 0.6 is 22.7 Å². The smallest absolute Gasteiger partial charge is 0.264 e. The molecule has 146 valence electrons. The predicted molar refractivity (Wildman–Crippen MR) is 120 cm³/mol. The van der Waals surface area contributed by atoms with Gasteiger partial charge in [-0.2, -0.15) is 0 Å². The van der Waals surface area contributed by atoms with Crippen LogP contribution in [0.25, 0.3) is 20.7 Å². The number of piperazine rings is 1. The highest BCUT2D eigenvalue weighted by molar-refractivity contribution is 7.21. The van der Waals surface area contributed by atoms with E-state index in [2.05, 4.69) is 45.2 Å². The summed E-state index contributed by atoms with van der Waals surface area (Å²) in [5.74, 6) is 1.10. The van der Waals surface area contributed by atoms with E-state index in [4.69, 9.17) is 0 Å². The van der Waals surface area contributed by atoms with E-state index in [1.54, 1.807) is 29.0 Å². The molecule has 0 aliphatic carbocycles. The number of amides is 1. The lowest BCUT2D eigenvalue weighted by Crippen LogP contribution is -2.49. The molecular formula is C22H20N4OS2. The van der Waals surface area contributed by atoms with Crippen molar-refractivity contribution in [2.75, 3.05) is 31.1 Å². The van der Waals surface area contributed by atoms with Gasteiger partial charge >= 0.3 is 0 Å². The molecule has 7 heteroatoms. The van der Waals surface area contributed by atoms with Crippen LogP contribution in [0, 0.1) is 6.92 Å². The average molecular weight is 421 g/mol. The topological polar surface area (TPSA) is 49.3 Å². The first-order valence-corrected chi connectivity index (χ1v) is 11.2. The Labute approximate surface area is 177 Å². The number of anilines is 1. The molecule has 1 fully saturated rings. The molecule has 0 bridgehead atoms. The Morgan fingerprint density at radius 3 is 2.48 bits per heavy atom. The molecule has 5 rings (SSSR count). The number of rotatable bonds is 3. The number of hydrogen-bond donors (Lipinski definition) is 0. The number of aromatic nitrogens is 2. The summed E-state index contributed by atoms with van der Waals surface area (Å²) in [5, 5.41) is 1.09. The molecule has 1 saturated heterocycles. The Balaban J connectivity index is 1.37. The fourth-order valence-corrected chi connectivity index (χ4v) is 5.50. The predicted octanol–water partition coefficient (Wildman–Crippen LogP) is 4.69. The zero-order chi connectivity index (χ0) is 19.8. The van der Waals surface area contributed by atoms with Crippen molar-refractivity contribution in [2.24, 2.45) is 0 Å². The molecule has 4 aromatic rings. The minimum absolute atomic E-state index is 0.137. The lowest BCUT2D eigenvalue weighted by molar-refractivity contribution is 0.0751. The van der Waals surface area contributed by atoms with Crippen molar-refractivity contribution in [3.05, 3.63) is 64.6 Å². The first-order valence-electron chi connectivity index (χ1n) is 9.60. The second-order valence-electron chi connectivity index (χ2n) is 7.08. The molecule has 0 atom stereocenters. The highest BCUT2D eigenvalue weighted by Crippen LogP contribution is 2.36. The van der Waals surface area contributed by atoms with Crippen molar-refractivity contribution in [2.45, 2.75) is 6.92 Å². The lowest BCUT2D eigenvalue weighted by atomic mass is 10.2. The first-order chi connectivity index (χ1) is 14.2. The van der Waals surface area contributed by atoms with Gasteiger partial charge in [0.25, 0.3) is 5.91 Å². The monoisotopic (exact) mass is 420 g/mol. The Morgan fingerprint density at radius 1 is 0.966 bits per heavy atom. The highest BCUT2D eigenvalue weighted by atomic mass is 32.1. The average Bonchev–Trinajstić information content (AvgIpc) is 3.40. The molecule has 1 aromatic carbocycles. The number of carbonyl (C=O) groups is 1. The van der Waals surface area contributed by atoms with Gasteiger partial charge in [0.05, 0.1) is 10.3 Å². The highest BCUT2D eigenvalue weighted by Gasteiger charge is 2.25. The largest absolute Gasteiger partial charge is 0.352 e. The Hall–Kier alpha value is -2.77. The van der Waals surface area contributed by atoms with Gasteiger partial charge in [0, 0.05) is 35.9 Å². The van der Waals surface area contributed by atoms with Crippen LogP contribution in [0.2, 0.25) is 0 Å². The van der Waals surface area contributed by atoms with E-state index < -0.39 is 0 Å². The van der Waals surface area contributed by atoms with Gasteiger partial charge in [0.2, 0.25) is 0 Å². The van der Waals surface area contributed by atoms with Gasteiger partial charge in [-0.3, -0.25) is 4.79 Å². The Kier molecular flexibility index (Phi) is 4.77. The third-order valence-electron chi connectivity index (χ3n) is 5.18. The van der Waals surface area contributed by atoms with Gasteiger partial charge in [0.1, 0.15) is 17.0 Å². The summed E-state index contributed by atoms with van der Waals surface area (Å²) < 4.78 is 0. The van der Waals surface area contributed by atoms with Crippen LogP contribution in [0.3, 0.4) is 0 Å². The summed E-state index contributed by atoms with van der Waals surface area (Å²) in [7, 11) is 0. The van der Waals surface area contributed by atoms with Crippen molar-refractivity contribution < 1.29 is 4.79 Å². The van der Waals surface area contributed by atoms with Crippen LogP contribution in [-0.4, -0.2) is 47.0 Å². The van der Waals surface area contributed by atoms with Crippen molar-refractivity contribution in [3.63, 3.8) is 0 Å². The summed E-state index contributed by atoms with van der Waals surface area (Å²) in [6.45, 7) is 5.00. The zero-order valence-electron chi connectivity index (χ0n) is 16.0. The van der Waals surface area contributed by atoms with Gasteiger partial charge in [-0.15, -0.1) is 22.7 Å². The van der Waals surface area contributed by atoms with Crippen LogP contribution in [0.5, 0.6) is 0 Å². The van der Waals surface area contributed by atoms with E-state index in [-0.39, 0.29) is 5.91 Å². The van der Waals surface area contributed by atoms with Crippen molar-refractivity contribution in [3.8, 4) is 10.4 Å². The van der Waals surface area contributed by atoms with Gasteiger partial charge in [-0.05, 0) is 30.7 Å². The lowest BCUT2D eigenvalue weighted by Gasteiger charge is -2.35. The van der Waals surface area contributed by atoms with Gasteiger partial charge in [-0.25, -0.2) is 9.97 Å². The van der Waals surface area contributed by atoms with Crippen LogP contribution in [-0.2, 0) is 0 Å². The van der Waals surface area contributed by atoms with Gasteiger partial charge in [-0.1, -0.05) is 30.3 Å². The molecule has 29 heavy (non-hydrogen) atoms. The standard InChI is InChI=1S/C22H20N4OS2/c1-15-7-8-18(28-15)22(27)26-11-9-25(10-12-26)20-17-13-19(16-5-3-2-4-6-16)29-21(17)24-14-23-20/h2-8,13-14H,9-12H2,1H3. The second kappa shape index (κ2) is 7.57. The summed E-state index contributed by atoms with van der Waals surface area (Å²) >= 11 is 3.26. The van der Waals surface area contributed by atoms with E-state index >= 15 is 0 Å². The summed E-state index contributed by atoms with van der Waals surface area (Å²) in [5.41, 5.74) is 1.20. The molecule has 4 heterocycles. The molecule has 0 spiro atoms. The quantitative estimate of drug-likeness (QED) is 0.482. The maximum Gasteiger partial charge on any atom is 0.264 e. The molecular weight excluding hydrogens is 400 g/mol. The van der Waals surface area contributed by atoms with E-state index in [1.165, 1.54) is 15.3 Å². The van der Waals surface area contributed by atoms with E-state index in [1.807, 2.05) is 30.0 Å². The molecule has 0 saturated carbocycles. The number of benzene rings is 1. The van der Waals surface area contributed by atoms with Crippen LogP contribution in [0.15, 0.2) is 54.9 Å². The van der Waals surface area contributed by atoms with Gasteiger partial charge < -0.3 is 9.80 Å². The molecule has 1 amide bonds. The zero-order valence-corrected chi connectivity index (χ0v) is 17.7. The van der Waals surface area contributed by atoms with Crippen LogP contribution in [0.1, 0.15) is 14.5 Å². The number of nitrogens with zero attached hydrogens (tertiary/aromatic N) is 4. The number of fused-ring (bicyclic) bond motifs is 1. The van der Waals surface area contributed by atoms with E-state index in [0.717, 1.165) is 34.0 Å². The normalized spacial score (nSPS) is 14.5. The van der Waals surface area contributed by atoms with E-state index in [0.29, 0.717) is 13.1 Å². The number of thiophene rings is 2. The number of hydrogen-bond acceptors (Lipinski definition) is 6. The van der Waals surface area contributed by atoms with Crippen molar-refractivity contribution >= 4 is 44.6 Å². The molecule has 0 unspecified atom stereocenters. The molecule has 1 aliphatic heterocycles. The second-order valence-corrected chi connectivity index (χ2v) is 9.40. The first kappa shape index (κ1) is 18.3. The fourth-order valence-electron chi connectivity index (χ4n) is 3.67. The van der Waals surface area contributed by atoms with Crippen LogP contribution in [0.4, 0.5) is 5.82 Å². The van der Waals surface area contributed by atoms with Crippen molar-refractivity contribution in [1.82, 2.24) is 14.9 Å². The minimum atomic E-state index is 0.137. The molecule has 1 aliphatic rings. The molecule has 0 N–H and O–H groups in total. The molecule has 5 nitrogen and oxygen atoms in total. The maximum absolute atomic E-state index is 12.7. The molecule has 3 aromatic heterocycles. The molecule has 0 radical (unpaired) electrons. The van der Waals surface area contributed by atoms with Gasteiger partial charge in [0.15, 0.2) is 0 Å². The van der Waals surface area contributed by atoms with Crippen molar-refractivity contribution in [1.29, 1.82) is 0 Å². The number of aryl methyl sites for hydroxylation is 1.